The summed E-state index contributed by atoms with van der Waals surface area (Å²) in [6, 6.07) is 5.40. The number of rotatable bonds is 3. The summed E-state index contributed by atoms with van der Waals surface area (Å²) in [4.78, 5) is 0.395. The molecule has 0 aromatic heterocycles. The van der Waals surface area contributed by atoms with E-state index in [9.17, 15) is 8.42 Å². The van der Waals surface area contributed by atoms with Crippen molar-refractivity contribution in [3.63, 3.8) is 0 Å². The monoisotopic (exact) mass is 296 g/mol. The predicted octanol–water partition coefficient (Wildman–Crippen LogP) is 2.71. The van der Waals surface area contributed by atoms with Gasteiger partial charge in [0.1, 0.15) is 0 Å². The molecule has 0 saturated heterocycles. The fourth-order valence-electron chi connectivity index (χ4n) is 2.54. The van der Waals surface area contributed by atoms with Crippen molar-refractivity contribution < 1.29 is 8.42 Å². The fourth-order valence-corrected chi connectivity index (χ4v) is 3.99. The first-order valence-corrected chi connectivity index (χ1v) is 8.47. The zero-order chi connectivity index (χ0) is 15.0. The largest absolute Gasteiger partial charge is 0.385 e. The molecule has 0 unspecified atom stereocenters. The van der Waals surface area contributed by atoms with Crippen LogP contribution >= 0.6 is 0 Å². The van der Waals surface area contributed by atoms with Gasteiger partial charge < -0.3 is 5.32 Å². The third kappa shape index (κ3) is 3.33. The van der Waals surface area contributed by atoms with Crippen molar-refractivity contribution in [1.82, 2.24) is 4.31 Å². The van der Waals surface area contributed by atoms with Crippen molar-refractivity contribution in [2.24, 2.45) is 5.41 Å². The van der Waals surface area contributed by atoms with Crippen molar-refractivity contribution in [3.05, 3.63) is 23.8 Å². The maximum absolute atomic E-state index is 12.6. The number of fused-ring (bicyclic) bond motifs is 1. The minimum Gasteiger partial charge on any atom is -0.385 e. The van der Waals surface area contributed by atoms with Crippen LogP contribution in [0.2, 0.25) is 0 Å². The first-order valence-electron chi connectivity index (χ1n) is 7.03. The molecule has 0 spiro atoms. The Morgan fingerprint density at radius 1 is 1.30 bits per heavy atom. The molecule has 1 heterocycles. The second kappa shape index (κ2) is 5.37. The van der Waals surface area contributed by atoms with E-state index in [1.807, 2.05) is 32.9 Å². The van der Waals surface area contributed by atoms with Crippen molar-refractivity contribution in [2.75, 3.05) is 25.5 Å². The van der Waals surface area contributed by atoms with Gasteiger partial charge in [0, 0.05) is 25.8 Å². The highest BCUT2D eigenvalue weighted by Crippen LogP contribution is 2.27. The van der Waals surface area contributed by atoms with Gasteiger partial charge in [-0.25, -0.2) is 12.7 Å². The standard InChI is InChI=1S/C15H24N2O2S/c1-15(2,3)11-17(4)20(18,19)13-7-8-14-12(10-13)6-5-9-16-14/h7-8,10,16H,5-6,9,11H2,1-4H3. The lowest BCUT2D eigenvalue weighted by molar-refractivity contribution is 0.311. The Kier molecular flexibility index (Phi) is 4.12. The Morgan fingerprint density at radius 3 is 2.65 bits per heavy atom. The highest BCUT2D eigenvalue weighted by atomic mass is 32.2. The molecular formula is C15H24N2O2S. The average Bonchev–Trinajstić information content (AvgIpc) is 2.36. The van der Waals surface area contributed by atoms with E-state index >= 15 is 0 Å². The van der Waals surface area contributed by atoms with Crippen LogP contribution in [0.15, 0.2) is 23.1 Å². The zero-order valence-corrected chi connectivity index (χ0v) is 13.5. The van der Waals surface area contributed by atoms with Gasteiger partial charge >= 0.3 is 0 Å². The SMILES string of the molecule is CN(CC(C)(C)C)S(=O)(=O)c1ccc2c(c1)CCCN2. The number of hydrogen-bond donors (Lipinski definition) is 1. The first-order chi connectivity index (χ1) is 9.20. The first kappa shape index (κ1) is 15.3. The summed E-state index contributed by atoms with van der Waals surface area (Å²) < 4.78 is 26.7. The van der Waals surface area contributed by atoms with Gasteiger partial charge in [-0.2, -0.15) is 0 Å². The summed E-state index contributed by atoms with van der Waals surface area (Å²) in [6.07, 6.45) is 1.99. The number of aryl methyl sites for hydroxylation is 1. The number of hydrogen-bond acceptors (Lipinski definition) is 3. The smallest absolute Gasteiger partial charge is 0.242 e. The quantitative estimate of drug-likeness (QED) is 0.933. The van der Waals surface area contributed by atoms with Crippen LogP contribution in [0.5, 0.6) is 0 Å². The van der Waals surface area contributed by atoms with E-state index < -0.39 is 10.0 Å². The van der Waals surface area contributed by atoms with Crippen LogP contribution in [0, 0.1) is 5.41 Å². The molecule has 0 aliphatic carbocycles. The van der Waals surface area contributed by atoms with Gasteiger partial charge in [-0.3, -0.25) is 0 Å². The van der Waals surface area contributed by atoms with Gasteiger partial charge in [-0.05, 0) is 42.0 Å². The molecule has 0 saturated carbocycles. The molecule has 5 heteroatoms. The number of nitrogens with one attached hydrogen (secondary N) is 1. The summed E-state index contributed by atoms with van der Waals surface area (Å²) in [7, 11) is -1.75. The second-order valence-electron chi connectivity index (χ2n) is 6.67. The van der Waals surface area contributed by atoms with Gasteiger partial charge in [0.2, 0.25) is 10.0 Å². The molecule has 0 radical (unpaired) electrons. The Labute approximate surface area is 122 Å². The number of benzene rings is 1. The zero-order valence-electron chi connectivity index (χ0n) is 12.7. The molecule has 0 fully saturated rings. The van der Waals surface area contributed by atoms with Crippen molar-refractivity contribution in [3.8, 4) is 0 Å². The topological polar surface area (TPSA) is 49.4 Å². The van der Waals surface area contributed by atoms with Gasteiger partial charge in [0.15, 0.2) is 0 Å². The fraction of sp³-hybridized carbons (Fsp3) is 0.600. The Balaban J connectivity index is 2.30. The molecule has 20 heavy (non-hydrogen) atoms. The highest BCUT2D eigenvalue weighted by Gasteiger charge is 2.26. The van der Waals surface area contributed by atoms with E-state index in [0.29, 0.717) is 11.4 Å². The van der Waals surface area contributed by atoms with Crippen LogP contribution in [0.4, 0.5) is 5.69 Å². The molecule has 1 aliphatic rings. The van der Waals surface area contributed by atoms with Crippen LogP contribution in [0.3, 0.4) is 0 Å². The molecule has 0 atom stereocenters. The minimum absolute atomic E-state index is 0.0580. The Morgan fingerprint density at radius 2 is 2.00 bits per heavy atom. The van der Waals surface area contributed by atoms with Gasteiger partial charge in [-0.15, -0.1) is 0 Å². The molecule has 1 aliphatic heterocycles. The number of sulfonamides is 1. The summed E-state index contributed by atoms with van der Waals surface area (Å²) in [5.74, 6) is 0. The van der Waals surface area contributed by atoms with E-state index in [2.05, 4.69) is 5.32 Å². The van der Waals surface area contributed by atoms with Gasteiger partial charge in [-0.1, -0.05) is 20.8 Å². The van der Waals surface area contributed by atoms with Crippen LogP contribution in [0.1, 0.15) is 32.8 Å². The maximum Gasteiger partial charge on any atom is 0.242 e. The Bertz CT molecular complexity index is 588. The molecule has 0 bridgehead atoms. The van der Waals surface area contributed by atoms with Crippen molar-refractivity contribution in [1.29, 1.82) is 0 Å². The maximum atomic E-state index is 12.6. The van der Waals surface area contributed by atoms with Crippen LogP contribution in [-0.4, -0.2) is 32.9 Å². The summed E-state index contributed by atoms with van der Waals surface area (Å²) >= 11 is 0. The van der Waals surface area contributed by atoms with E-state index in [1.165, 1.54) is 4.31 Å². The molecule has 1 aromatic rings. The molecule has 2 rings (SSSR count). The lowest BCUT2D eigenvalue weighted by atomic mass is 9.97. The van der Waals surface area contributed by atoms with E-state index in [4.69, 9.17) is 0 Å². The second-order valence-corrected chi connectivity index (χ2v) is 8.72. The van der Waals surface area contributed by atoms with E-state index in [0.717, 1.165) is 30.6 Å². The van der Waals surface area contributed by atoms with Gasteiger partial charge in [0.05, 0.1) is 4.90 Å². The third-order valence-electron chi connectivity index (χ3n) is 3.42. The van der Waals surface area contributed by atoms with E-state index in [1.54, 1.807) is 13.1 Å². The third-order valence-corrected chi connectivity index (χ3v) is 5.22. The molecule has 0 amide bonds. The van der Waals surface area contributed by atoms with E-state index in [-0.39, 0.29) is 5.41 Å². The normalized spacial score (nSPS) is 15.8. The predicted molar refractivity (Wildman–Crippen MR) is 82.5 cm³/mol. The van der Waals surface area contributed by atoms with Crippen LogP contribution in [0.25, 0.3) is 0 Å². The minimum atomic E-state index is -3.40. The number of anilines is 1. The van der Waals surface area contributed by atoms with Crippen LogP contribution < -0.4 is 5.32 Å². The molecule has 1 aromatic carbocycles. The average molecular weight is 296 g/mol. The molecule has 1 N–H and O–H groups in total. The molecular weight excluding hydrogens is 272 g/mol. The summed E-state index contributed by atoms with van der Waals surface area (Å²) in [6.45, 7) is 7.58. The number of nitrogens with zero attached hydrogens (tertiary/aromatic N) is 1. The van der Waals surface area contributed by atoms with Crippen molar-refractivity contribution >= 4 is 15.7 Å². The molecule has 4 nitrogen and oxygen atoms in total. The lowest BCUT2D eigenvalue weighted by Gasteiger charge is -2.26. The lowest BCUT2D eigenvalue weighted by Crippen LogP contribution is -2.34. The Hall–Kier alpha value is -1.07. The summed E-state index contributed by atoms with van der Waals surface area (Å²) in [5, 5.41) is 3.30. The van der Waals surface area contributed by atoms with Crippen LogP contribution in [-0.2, 0) is 16.4 Å². The van der Waals surface area contributed by atoms with Gasteiger partial charge in [0.25, 0.3) is 0 Å². The molecule has 112 valence electrons. The summed E-state index contributed by atoms with van der Waals surface area (Å²) in [5.41, 5.74) is 2.10. The highest BCUT2D eigenvalue weighted by molar-refractivity contribution is 7.89. The van der Waals surface area contributed by atoms with Crippen molar-refractivity contribution in [2.45, 2.75) is 38.5 Å².